The van der Waals surface area contributed by atoms with E-state index < -0.39 is 11.8 Å². The largest absolute Gasteiger partial charge is 0.293 e. The molecule has 0 N–H and O–H groups in total. The average molecular weight is 372 g/mol. The molecule has 0 bridgehead atoms. The monoisotopic (exact) mass is 372 g/mol. The van der Waals surface area contributed by atoms with Gasteiger partial charge in [0.25, 0.3) is 5.91 Å². The van der Waals surface area contributed by atoms with Gasteiger partial charge in [-0.25, -0.2) is 9.38 Å². The van der Waals surface area contributed by atoms with Crippen molar-refractivity contribution in [2.75, 3.05) is 5.75 Å². The molecular weight excluding hydrogens is 359 g/mol. The molecule has 1 aromatic carbocycles. The Morgan fingerprint density at radius 2 is 2.08 bits per heavy atom. The Morgan fingerprint density at radius 3 is 2.64 bits per heavy atom. The number of ketones is 1. The van der Waals surface area contributed by atoms with Gasteiger partial charge in [0.05, 0.1) is 21.7 Å². The number of carbonyl (C=O) groups is 2. The van der Waals surface area contributed by atoms with Gasteiger partial charge in [0.15, 0.2) is 5.78 Å². The van der Waals surface area contributed by atoms with E-state index in [1.807, 2.05) is 5.38 Å². The summed E-state index contributed by atoms with van der Waals surface area (Å²) in [5.41, 5.74) is 0.681. The molecule has 0 saturated carbocycles. The quantitative estimate of drug-likeness (QED) is 0.717. The van der Waals surface area contributed by atoms with Crippen LogP contribution in [0.25, 0.3) is 0 Å². The molecule has 0 unspecified atom stereocenters. The lowest BCUT2D eigenvalue weighted by Crippen LogP contribution is -2.21. The minimum atomic E-state index is -0.717. The van der Waals surface area contributed by atoms with Crippen LogP contribution in [0.1, 0.15) is 27.6 Å². The van der Waals surface area contributed by atoms with Crippen molar-refractivity contribution < 1.29 is 14.0 Å². The first kappa shape index (κ1) is 17.5. The molecule has 0 aliphatic carbocycles. The number of hydrogen-bond acceptors (Lipinski definition) is 5. The molecule has 2 atom stereocenters. The minimum absolute atomic E-state index is 0.0838. The summed E-state index contributed by atoms with van der Waals surface area (Å²) in [6, 6.07) is 11.5. The van der Waals surface area contributed by atoms with Crippen molar-refractivity contribution in [3.05, 3.63) is 58.0 Å². The minimum Gasteiger partial charge on any atom is -0.293 e. The topological polar surface area (TPSA) is 70.3 Å². The Balaban J connectivity index is 1.94. The second-order valence-corrected chi connectivity index (χ2v) is 7.45. The highest BCUT2D eigenvalue weighted by Gasteiger charge is 2.33. The van der Waals surface area contributed by atoms with Crippen molar-refractivity contribution in [3.8, 4) is 6.07 Å². The fraction of sp³-hybridized carbons (Fsp3) is 0.222. The van der Waals surface area contributed by atoms with Gasteiger partial charge in [0.2, 0.25) is 0 Å². The maximum absolute atomic E-state index is 13.3. The highest BCUT2D eigenvalue weighted by atomic mass is 32.2. The number of halogens is 1. The molecule has 7 heteroatoms. The highest BCUT2D eigenvalue weighted by Crippen LogP contribution is 2.35. The molecule has 1 amide bonds. The van der Waals surface area contributed by atoms with E-state index in [1.54, 1.807) is 24.3 Å². The number of amides is 1. The lowest BCUT2D eigenvalue weighted by Gasteiger charge is -2.21. The van der Waals surface area contributed by atoms with E-state index in [-0.39, 0.29) is 29.7 Å². The lowest BCUT2D eigenvalue weighted by molar-refractivity contribution is -0.115. The molecule has 0 spiro atoms. The predicted molar refractivity (Wildman–Crippen MR) is 96.4 cm³/mol. The van der Waals surface area contributed by atoms with Crippen LogP contribution in [0.3, 0.4) is 0 Å². The second kappa shape index (κ2) is 7.72. The highest BCUT2D eigenvalue weighted by molar-refractivity contribution is 8.15. The number of rotatable bonds is 6. The normalized spacial score (nSPS) is 16.2. The van der Waals surface area contributed by atoms with Crippen molar-refractivity contribution in [3.63, 3.8) is 0 Å². The Hall–Kier alpha value is -2.30. The number of benzene rings is 1. The van der Waals surface area contributed by atoms with E-state index >= 15 is 0 Å². The fourth-order valence-corrected chi connectivity index (χ4v) is 4.25. The maximum Gasteiger partial charge on any atom is 0.256 e. The van der Waals surface area contributed by atoms with Gasteiger partial charge in [-0.15, -0.1) is 11.3 Å². The molecule has 126 valence electrons. The Bertz CT molecular complexity index is 854. The molecule has 3 rings (SSSR count). The number of hydrogen-bond donors (Lipinski definition) is 0. The van der Waals surface area contributed by atoms with Crippen LogP contribution in [0.5, 0.6) is 0 Å². The summed E-state index contributed by atoms with van der Waals surface area (Å²) in [5, 5.41) is 11.9. The van der Waals surface area contributed by atoms with Gasteiger partial charge in [0.1, 0.15) is 11.7 Å². The second-order valence-electron chi connectivity index (χ2n) is 5.50. The first-order valence-corrected chi connectivity index (χ1v) is 9.41. The molecule has 0 fully saturated rings. The number of carbonyl (C=O) groups excluding carboxylic acids is 2. The van der Waals surface area contributed by atoms with E-state index in [0.29, 0.717) is 15.5 Å². The van der Waals surface area contributed by atoms with Crippen molar-refractivity contribution in [2.24, 2.45) is 10.9 Å². The number of nitriles is 1. The van der Waals surface area contributed by atoms with Crippen molar-refractivity contribution in [1.29, 1.82) is 5.26 Å². The summed E-state index contributed by atoms with van der Waals surface area (Å²) in [4.78, 5) is 28.6. The number of Topliss-reactive ketones (excluding diaryl/α,β-unsaturated/α-hetero) is 1. The van der Waals surface area contributed by atoms with Gasteiger partial charge in [-0.3, -0.25) is 9.59 Å². The third kappa shape index (κ3) is 4.03. The number of thioether (sulfide) groups is 1. The lowest BCUT2D eigenvalue weighted by atomic mass is 9.83. The zero-order chi connectivity index (χ0) is 17.8. The Labute approximate surface area is 152 Å². The van der Waals surface area contributed by atoms with Gasteiger partial charge in [0, 0.05) is 12.3 Å². The van der Waals surface area contributed by atoms with E-state index in [9.17, 15) is 19.2 Å². The predicted octanol–water partition coefficient (Wildman–Crippen LogP) is 4.06. The Morgan fingerprint density at radius 1 is 1.32 bits per heavy atom. The van der Waals surface area contributed by atoms with Crippen LogP contribution in [-0.4, -0.2) is 22.5 Å². The first-order valence-electron chi connectivity index (χ1n) is 7.54. The SMILES string of the molecule is N#C[C@@H](C1=NC(=O)CS1)[C@@H](CC(=O)c1cccs1)c1ccc(F)cc1. The summed E-state index contributed by atoms with van der Waals surface area (Å²) in [7, 11) is 0. The average Bonchev–Trinajstić information content (AvgIpc) is 3.27. The third-order valence-electron chi connectivity index (χ3n) is 3.89. The molecule has 0 radical (unpaired) electrons. The molecule has 0 saturated heterocycles. The molecule has 4 nitrogen and oxygen atoms in total. The molecule has 25 heavy (non-hydrogen) atoms. The van der Waals surface area contributed by atoms with Crippen LogP contribution >= 0.6 is 23.1 Å². The molecular formula is C18H13FN2O2S2. The number of thiophene rings is 1. The fourth-order valence-electron chi connectivity index (χ4n) is 2.68. The van der Waals surface area contributed by atoms with Gasteiger partial charge >= 0.3 is 0 Å². The van der Waals surface area contributed by atoms with Crippen LogP contribution in [0.15, 0.2) is 46.8 Å². The maximum atomic E-state index is 13.3. The number of nitrogens with zero attached hydrogens (tertiary/aromatic N) is 2. The molecule has 2 aromatic rings. The van der Waals surface area contributed by atoms with Gasteiger partial charge in [-0.05, 0) is 29.1 Å². The van der Waals surface area contributed by atoms with Crippen LogP contribution in [-0.2, 0) is 4.79 Å². The van der Waals surface area contributed by atoms with Crippen LogP contribution < -0.4 is 0 Å². The van der Waals surface area contributed by atoms with Crippen LogP contribution in [0.2, 0.25) is 0 Å². The zero-order valence-electron chi connectivity index (χ0n) is 13.0. The van der Waals surface area contributed by atoms with Gasteiger partial charge in [-0.1, -0.05) is 30.0 Å². The summed E-state index contributed by atoms with van der Waals surface area (Å²) >= 11 is 2.57. The smallest absolute Gasteiger partial charge is 0.256 e. The Kier molecular flexibility index (Phi) is 5.41. The van der Waals surface area contributed by atoms with Crippen molar-refractivity contribution >= 4 is 39.8 Å². The molecule has 1 aliphatic rings. The van der Waals surface area contributed by atoms with Gasteiger partial charge in [-0.2, -0.15) is 5.26 Å². The van der Waals surface area contributed by atoms with Crippen LogP contribution in [0, 0.1) is 23.1 Å². The summed E-state index contributed by atoms with van der Waals surface area (Å²) in [5.74, 6) is -1.74. The summed E-state index contributed by atoms with van der Waals surface area (Å²) < 4.78 is 13.3. The molecule has 1 aromatic heterocycles. The zero-order valence-corrected chi connectivity index (χ0v) is 14.6. The van der Waals surface area contributed by atoms with E-state index in [4.69, 9.17) is 0 Å². The van der Waals surface area contributed by atoms with Crippen molar-refractivity contribution in [2.45, 2.75) is 12.3 Å². The summed E-state index contributed by atoms with van der Waals surface area (Å²) in [6.07, 6.45) is 0.0954. The van der Waals surface area contributed by atoms with E-state index in [0.717, 1.165) is 0 Å². The van der Waals surface area contributed by atoms with Crippen LogP contribution in [0.4, 0.5) is 4.39 Å². The third-order valence-corrected chi connectivity index (χ3v) is 5.83. The van der Waals surface area contributed by atoms with Gasteiger partial charge < -0.3 is 0 Å². The first-order chi connectivity index (χ1) is 12.1. The van der Waals surface area contributed by atoms with E-state index in [2.05, 4.69) is 11.1 Å². The summed E-state index contributed by atoms with van der Waals surface area (Å²) in [6.45, 7) is 0. The number of aliphatic imine (C=N–C) groups is 1. The van der Waals surface area contributed by atoms with Crippen molar-refractivity contribution in [1.82, 2.24) is 0 Å². The molecule has 1 aliphatic heterocycles. The molecule has 2 heterocycles. The standard InChI is InChI=1S/C18H13FN2O2S2/c19-12-5-3-11(4-6-12)13(8-15(22)16-2-1-7-24-16)14(9-20)18-21-17(23)10-25-18/h1-7,13-14H,8,10H2/t13-,14+/m0/s1. The van der Waals surface area contributed by atoms with E-state index in [1.165, 1.54) is 35.2 Å².